The van der Waals surface area contributed by atoms with E-state index in [1.54, 1.807) is 0 Å². The van der Waals surface area contributed by atoms with Gasteiger partial charge in [-0.2, -0.15) is 0 Å². The Morgan fingerprint density at radius 2 is 0.891 bits per heavy atom. The van der Waals surface area contributed by atoms with Gasteiger partial charge >= 0.3 is 0 Å². The van der Waals surface area contributed by atoms with Gasteiger partial charge in [-0.05, 0) is 57.6 Å². The third-order valence-corrected chi connectivity index (χ3v) is 12.7. The zero-order valence-electron chi connectivity index (χ0n) is 25.0. The molecule has 9 rings (SSSR count). The fourth-order valence-corrected chi connectivity index (χ4v) is 10.3. The molecule has 0 saturated carbocycles. The van der Waals surface area contributed by atoms with Gasteiger partial charge in [-0.15, -0.1) is 0 Å². The quantitative estimate of drug-likeness (QED) is 0.186. The Kier molecular flexibility index (Phi) is 6.03. The summed E-state index contributed by atoms with van der Waals surface area (Å²) in [5.74, 6) is 1.73. The molecule has 2 aliphatic rings. The van der Waals surface area contributed by atoms with Gasteiger partial charge in [0.15, 0.2) is 7.14 Å². The number of rotatable bonds is 4. The van der Waals surface area contributed by atoms with E-state index in [0.29, 0.717) is 0 Å². The lowest BCUT2D eigenvalue weighted by molar-refractivity contribution is 0.436. The highest BCUT2D eigenvalue weighted by atomic mass is 31.2. The maximum Gasteiger partial charge on any atom is 0.171 e. The summed E-state index contributed by atoms with van der Waals surface area (Å²) in [5.41, 5.74) is 8.81. The molecule has 0 radical (unpaired) electrons. The normalized spacial score (nSPS) is 13.7. The van der Waals surface area contributed by atoms with Crippen molar-refractivity contribution in [3.05, 3.63) is 198 Å². The first-order valence-corrected chi connectivity index (χ1v) is 17.3. The summed E-state index contributed by atoms with van der Waals surface area (Å²) < 4.78 is 21.9. The standard InChI is InChI=1S/C43H29O2P/c44-46(32-15-3-1-4-16-32,33-17-5-2-6-18-33)34-19-13-14-30(28-34)31-26-27-42-40(29-31)43(39-24-11-12-25-41(39)45-42)37-22-9-7-20-35(37)36-21-8-10-23-38(36)43/h1-29H. The summed E-state index contributed by atoms with van der Waals surface area (Å²) in [4.78, 5) is 0. The summed E-state index contributed by atoms with van der Waals surface area (Å²) in [6.07, 6.45) is 0. The van der Waals surface area contributed by atoms with E-state index in [-0.39, 0.29) is 0 Å². The molecule has 7 aromatic carbocycles. The SMILES string of the molecule is O=P(c1ccccc1)(c1ccccc1)c1cccc(-c2ccc3c(c2)C2(c4ccccc4O3)c3ccccc3-c3ccccc32)c1. The second kappa shape index (κ2) is 10.3. The molecule has 0 fully saturated rings. The highest BCUT2D eigenvalue weighted by Gasteiger charge is 2.51. The maximum absolute atomic E-state index is 15.2. The van der Waals surface area contributed by atoms with E-state index in [4.69, 9.17) is 4.74 Å². The lowest BCUT2D eigenvalue weighted by Crippen LogP contribution is -2.32. The van der Waals surface area contributed by atoms with E-state index in [2.05, 4.69) is 97.1 Å². The smallest absolute Gasteiger partial charge is 0.171 e. The fourth-order valence-electron chi connectivity index (χ4n) is 7.64. The fraction of sp³-hybridized carbons (Fsp3) is 0.0233. The number of ether oxygens (including phenoxy) is 1. The highest BCUT2D eigenvalue weighted by molar-refractivity contribution is 7.85. The third kappa shape index (κ3) is 3.75. The molecule has 1 spiro atoms. The summed E-state index contributed by atoms with van der Waals surface area (Å²) in [6.45, 7) is 0. The lowest BCUT2D eigenvalue weighted by Gasteiger charge is -2.39. The van der Waals surface area contributed by atoms with Gasteiger partial charge in [-0.25, -0.2) is 0 Å². The van der Waals surface area contributed by atoms with E-state index >= 15 is 4.57 Å². The molecule has 2 nitrogen and oxygen atoms in total. The Bertz CT molecular complexity index is 2240. The number of hydrogen-bond acceptors (Lipinski definition) is 2. The number of para-hydroxylation sites is 1. The Hall–Kier alpha value is -5.43. The van der Waals surface area contributed by atoms with Crippen LogP contribution in [0.3, 0.4) is 0 Å². The number of hydrogen-bond donors (Lipinski definition) is 0. The van der Waals surface area contributed by atoms with Gasteiger partial charge in [0.1, 0.15) is 11.5 Å². The predicted octanol–water partition coefficient (Wildman–Crippen LogP) is 9.46. The van der Waals surface area contributed by atoms with Crippen molar-refractivity contribution in [2.75, 3.05) is 0 Å². The average Bonchev–Trinajstić information content (AvgIpc) is 3.43. The second-order valence-electron chi connectivity index (χ2n) is 12.0. The Morgan fingerprint density at radius 1 is 0.391 bits per heavy atom. The van der Waals surface area contributed by atoms with Crippen LogP contribution in [-0.2, 0) is 9.98 Å². The van der Waals surface area contributed by atoms with Crippen LogP contribution in [0.1, 0.15) is 22.3 Å². The minimum atomic E-state index is -3.13. The van der Waals surface area contributed by atoms with E-state index in [1.165, 1.54) is 22.3 Å². The van der Waals surface area contributed by atoms with Crippen LogP contribution in [0, 0.1) is 0 Å². The largest absolute Gasteiger partial charge is 0.457 e. The zero-order valence-corrected chi connectivity index (χ0v) is 25.9. The second-order valence-corrected chi connectivity index (χ2v) is 14.7. The molecule has 1 aliphatic heterocycles. The van der Waals surface area contributed by atoms with Crippen LogP contribution in [0.2, 0.25) is 0 Å². The molecule has 0 bridgehead atoms. The molecule has 0 unspecified atom stereocenters. The molecule has 46 heavy (non-hydrogen) atoms. The first-order chi connectivity index (χ1) is 22.7. The molecular weight excluding hydrogens is 579 g/mol. The minimum absolute atomic E-state index is 0.533. The van der Waals surface area contributed by atoms with Gasteiger partial charge in [-0.3, -0.25) is 0 Å². The first-order valence-electron chi connectivity index (χ1n) is 15.6. The molecule has 0 amide bonds. The van der Waals surface area contributed by atoms with Crippen molar-refractivity contribution in [2.45, 2.75) is 5.41 Å². The van der Waals surface area contributed by atoms with Crippen LogP contribution in [0.5, 0.6) is 11.5 Å². The molecule has 218 valence electrons. The Morgan fingerprint density at radius 3 is 1.54 bits per heavy atom. The number of fused-ring (bicyclic) bond motifs is 9. The van der Waals surface area contributed by atoms with Crippen molar-refractivity contribution in [3.63, 3.8) is 0 Å². The molecule has 7 aromatic rings. The summed E-state index contributed by atoms with van der Waals surface area (Å²) >= 11 is 0. The van der Waals surface area contributed by atoms with Crippen molar-refractivity contribution < 1.29 is 9.30 Å². The maximum atomic E-state index is 15.2. The molecule has 1 aliphatic carbocycles. The Labute approximate surface area is 269 Å². The molecule has 0 aromatic heterocycles. The van der Waals surface area contributed by atoms with E-state index in [0.717, 1.165) is 49.7 Å². The van der Waals surface area contributed by atoms with Crippen LogP contribution in [0.4, 0.5) is 0 Å². The van der Waals surface area contributed by atoms with Gasteiger partial charge in [0, 0.05) is 27.0 Å². The van der Waals surface area contributed by atoms with E-state index in [1.807, 2.05) is 78.9 Å². The average molecular weight is 609 g/mol. The molecule has 1 heterocycles. The van der Waals surface area contributed by atoms with E-state index in [9.17, 15) is 0 Å². The van der Waals surface area contributed by atoms with Crippen LogP contribution in [0.15, 0.2) is 176 Å². The summed E-state index contributed by atoms with van der Waals surface area (Å²) in [5, 5.41) is 2.46. The van der Waals surface area contributed by atoms with Gasteiger partial charge in [0.05, 0.1) is 5.41 Å². The molecule has 0 atom stereocenters. The zero-order chi connectivity index (χ0) is 30.7. The first kappa shape index (κ1) is 26.9. The lowest BCUT2D eigenvalue weighted by atomic mass is 9.66. The summed E-state index contributed by atoms with van der Waals surface area (Å²) in [6, 6.07) is 60.5. The van der Waals surface area contributed by atoms with Gasteiger partial charge in [0.25, 0.3) is 0 Å². The topological polar surface area (TPSA) is 26.3 Å². The van der Waals surface area contributed by atoms with Crippen molar-refractivity contribution in [2.24, 2.45) is 0 Å². The van der Waals surface area contributed by atoms with Crippen molar-refractivity contribution >= 4 is 23.1 Å². The van der Waals surface area contributed by atoms with Crippen LogP contribution in [-0.4, -0.2) is 0 Å². The Balaban J connectivity index is 1.28. The number of benzene rings is 7. The highest BCUT2D eigenvalue weighted by Crippen LogP contribution is 2.62. The molecule has 0 N–H and O–H groups in total. The molecule has 3 heteroatoms. The summed E-state index contributed by atoms with van der Waals surface area (Å²) in [7, 11) is -3.13. The van der Waals surface area contributed by atoms with Crippen molar-refractivity contribution in [3.8, 4) is 33.8 Å². The van der Waals surface area contributed by atoms with Gasteiger partial charge < -0.3 is 9.30 Å². The van der Waals surface area contributed by atoms with Crippen LogP contribution in [0.25, 0.3) is 22.3 Å². The van der Waals surface area contributed by atoms with Gasteiger partial charge in [-0.1, -0.05) is 152 Å². The minimum Gasteiger partial charge on any atom is -0.457 e. The van der Waals surface area contributed by atoms with Crippen LogP contribution >= 0.6 is 7.14 Å². The third-order valence-electron chi connectivity index (χ3n) is 9.63. The van der Waals surface area contributed by atoms with Gasteiger partial charge in [0.2, 0.25) is 0 Å². The van der Waals surface area contributed by atoms with Crippen LogP contribution < -0.4 is 20.7 Å². The monoisotopic (exact) mass is 608 g/mol. The molecular formula is C43H29O2P. The predicted molar refractivity (Wildman–Crippen MR) is 189 cm³/mol. The van der Waals surface area contributed by atoms with Crippen molar-refractivity contribution in [1.29, 1.82) is 0 Å². The van der Waals surface area contributed by atoms with E-state index < -0.39 is 12.6 Å². The molecule has 0 saturated heterocycles. The van der Waals surface area contributed by atoms with Crippen molar-refractivity contribution in [1.82, 2.24) is 0 Å².